The van der Waals surface area contributed by atoms with Crippen LogP contribution in [0.15, 0.2) is 5.16 Å². The zero-order chi connectivity index (χ0) is 17.6. The van der Waals surface area contributed by atoms with Crippen molar-refractivity contribution in [2.45, 2.75) is 82.6 Å². The van der Waals surface area contributed by atoms with Crippen molar-refractivity contribution in [2.75, 3.05) is 18.9 Å². The van der Waals surface area contributed by atoms with E-state index in [1.54, 1.807) is 0 Å². The van der Waals surface area contributed by atoms with Gasteiger partial charge in [0.1, 0.15) is 5.82 Å². The van der Waals surface area contributed by atoms with Gasteiger partial charge in [0.25, 0.3) is 0 Å². The van der Waals surface area contributed by atoms with E-state index in [1.165, 1.54) is 18.2 Å². The van der Waals surface area contributed by atoms with E-state index in [9.17, 15) is 4.79 Å². The molecule has 2 fully saturated rings. The molecule has 2 aliphatic rings. The highest BCUT2D eigenvalue weighted by Crippen LogP contribution is 2.24. The highest BCUT2D eigenvalue weighted by atomic mass is 32.2. The monoisotopic (exact) mass is 366 g/mol. The molecule has 1 amide bonds. The standard InChI is InChI=1S/C18H30N4O2S/c1-3-7-16-19-20-18(22(16)12-15-9-6-11-24-15)25-13-17(23)21-10-5-4-8-14(21)2/h14-15H,3-13H2,1-2H3/t14-,15+/m1/s1. The van der Waals surface area contributed by atoms with Crippen molar-refractivity contribution < 1.29 is 9.53 Å². The van der Waals surface area contributed by atoms with Gasteiger partial charge in [0.2, 0.25) is 5.91 Å². The van der Waals surface area contributed by atoms with Gasteiger partial charge in [0.15, 0.2) is 5.16 Å². The molecule has 1 aromatic rings. The van der Waals surface area contributed by atoms with Crippen molar-refractivity contribution in [3.8, 4) is 0 Å². The Balaban J connectivity index is 1.63. The third kappa shape index (κ3) is 4.76. The summed E-state index contributed by atoms with van der Waals surface area (Å²) in [6.45, 7) is 6.85. The lowest BCUT2D eigenvalue weighted by atomic mass is 10.0. The van der Waals surface area contributed by atoms with E-state index < -0.39 is 0 Å². The number of piperidine rings is 1. The summed E-state index contributed by atoms with van der Waals surface area (Å²) in [5, 5.41) is 9.59. The van der Waals surface area contributed by atoms with Crippen LogP contribution < -0.4 is 0 Å². The molecule has 2 atom stereocenters. The van der Waals surface area contributed by atoms with Crippen molar-refractivity contribution in [3.63, 3.8) is 0 Å². The maximum absolute atomic E-state index is 12.6. The lowest BCUT2D eigenvalue weighted by molar-refractivity contribution is -0.131. The molecule has 0 aliphatic carbocycles. The van der Waals surface area contributed by atoms with Gasteiger partial charge in [0, 0.05) is 25.6 Å². The SMILES string of the molecule is CCCc1nnc(SCC(=O)N2CCCC[C@H]2C)n1C[C@@H]1CCCO1. The molecule has 3 rings (SSSR count). The van der Waals surface area contributed by atoms with Crippen LogP contribution in [-0.4, -0.2) is 56.6 Å². The number of aryl methyl sites for hydroxylation is 1. The molecule has 140 valence electrons. The maximum Gasteiger partial charge on any atom is 0.233 e. The molecule has 25 heavy (non-hydrogen) atoms. The smallest absolute Gasteiger partial charge is 0.233 e. The summed E-state index contributed by atoms with van der Waals surface area (Å²) in [6.07, 6.45) is 7.90. The quantitative estimate of drug-likeness (QED) is 0.695. The van der Waals surface area contributed by atoms with Crippen molar-refractivity contribution in [3.05, 3.63) is 5.82 Å². The van der Waals surface area contributed by atoms with E-state index in [1.807, 2.05) is 4.90 Å². The van der Waals surface area contributed by atoms with E-state index >= 15 is 0 Å². The van der Waals surface area contributed by atoms with Crippen LogP contribution >= 0.6 is 11.8 Å². The lowest BCUT2D eigenvalue weighted by Crippen LogP contribution is -2.43. The predicted molar refractivity (Wildman–Crippen MR) is 98.7 cm³/mol. The Morgan fingerprint density at radius 3 is 2.88 bits per heavy atom. The van der Waals surface area contributed by atoms with Gasteiger partial charge in [0.05, 0.1) is 18.4 Å². The van der Waals surface area contributed by atoms with Crippen LogP contribution in [0, 0.1) is 0 Å². The van der Waals surface area contributed by atoms with Crippen LogP contribution in [0.4, 0.5) is 0 Å². The average Bonchev–Trinajstić information content (AvgIpc) is 3.25. The molecule has 3 heterocycles. The first-order chi connectivity index (χ1) is 12.2. The summed E-state index contributed by atoms with van der Waals surface area (Å²) in [5.41, 5.74) is 0. The largest absolute Gasteiger partial charge is 0.376 e. The Labute approximate surface area is 154 Å². The zero-order valence-corrected chi connectivity index (χ0v) is 16.3. The second kappa shape index (κ2) is 9.03. The van der Waals surface area contributed by atoms with Gasteiger partial charge >= 0.3 is 0 Å². The second-order valence-corrected chi connectivity index (χ2v) is 8.06. The molecular weight excluding hydrogens is 336 g/mol. The van der Waals surface area contributed by atoms with E-state index in [4.69, 9.17) is 4.74 Å². The summed E-state index contributed by atoms with van der Waals surface area (Å²) in [4.78, 5) is 14.6. The summed E-state index contributed by atoms with van der Waals surface area (Å²) < 4.78 is 7.97. The van der Waals surface area contributed by atoms with Gasteiger partial charge in [-0.25, -0.2) is 0 Å². The molecule has 0 aromatic carbocycles. The Hall–Kier alpha value is -1.08. The number of thioether (sulfide) groups is 1. The number of carbonyl (C=O) groups is 1. The van der Waals surface area contributed by atoms with Gasteiger partial charge in [-0.1, -0.05) is 18.7 Å². The van der Waals surface area contributed by atoms with Crippen molar-refractivity contribution >= 4 is 17.7 Å². The molecule has 0 radical (unpaired) electrons. The number of nitrogens with zero attached hydrogens (tertiary/aromatic N) is 4. The number of hydrogen-bond acceptors (Lipinski definition) is 5. The van der Waals surface area contributed by atoms with Crippen LogP contribution in [0.1, 0.15) is 58.2 Å². The molecular formula is C18H30N4O2S. The molecule has 0 bridgehead atoms. The Morgan fingerprint density at radius 1 is 1.28 bits per heavy atom. The highest BCUT2D eigenvalue weighted by molar-refractivity contribution is 7.99. The second-order valence-electron chi connectivity index (χ2n) is 7.12. The Bertz CT molecular complexity index is 571. The first-order valence-corrected chi connectivity index (χ1v) is 10.6. The van der Waals surface area contributed by atoms with Crippen molar-refractivity contribution in [1.82, 2.24) is 19.7 Å². The van der Waals surface area contributed by atoms with E-state index in [0.717, 1.165) is 69.2 Å². The molecule has 2 saturated heterocycles. The predicted octanol–water partition coefficient (Wildman–Crippen LogP) is 2.90. The average molecular weight is 367 g/mol. The number of hydrogen-bond donors (Lipinski definition) is 0. The third-order valence-electron chi connectivity index (χ3n) is 5.13. The Morgan fingerprint density at radius 2 is 2.16 bits per heavy atom. The maximum atomic E-state index is 12.6. The minimum absolute atomic E-state index is 0.223. The van der Waals surface area contributed by atoms with Crippen LogP contribution in [0.3, 0.4) is 0 Å². The number of ether oxygens (including phenoxy) is 1. The van der Waals surface area contributed by atoms with E-state index in [2.05, 4.69) is 28.6 Å². The number of amides is 1. The minimum Gasteiger partial charge on any atom is -0.376 e. The van der Waals surface area contributed by atoms with Crippen molar-refractivity contribution in [2.24, 2.45) is 0 Å². The number of rotatable bonds is 7. The van der Waals surface area contributed by atoms with Crippen LogP contribution in [0.2, 0.25) is 0 Å². The minimum atomic E-state index is 0.223. The lowest BCUT2D eigenvalue weighted by Gasteiger charge is -2.33. The number of carbonyl (C=O) groups excluding carboxylic acids is 1. The molecule has 2 aliphatic heterocycles. The summed E-state index contributed by atoms with van der Waals surface area (Å²) in [5.74, 6) is 1.68. The van der Waals surface area contributed by atoms with Gasteiger partial charge < -0.3 is 14.2 Å². The molecule has 1 aromatic heterocycles. The summed E-state index contributed by atoms with van der Waals surface area (Å²) in [7, 11) is 0. The van der Waals surface area contributed by atoms with Crippen molar-refractivity contribution in [1.29, 1.82) is 0 Å². The van der Waals surface area contributed by atoms with E-state index in [0.29, 0.717) is 11.8 Å². The first-order valence-electron chi connectivity index (χ1n) is 9.65. The normalized spacial score (nSPS) is 24.0. The fourth-order valence-corrected chi connectivity index (χ4v) is 4.54. The fraction of sp³-hybridized carbons (Fsp3) is 0.833. The van der Waals surface area contributed by atoms with E-state index in [-0.39, 0.29) is 12.0 Å². The summed E-state index contributed by atoms with van der Waals surface area (Å²) in [6, 6.07) is 0.363. The zero-order valence-electron chi connectivity index (χ0n) is 15.4. The molecule has 0 unspecified atom stereocenters. The van der Waals surface area contributed by atoms with Crippen LogP contribution in [-0.2, 0) is 22.5 Å². The van der Waals surface area contributed by atoms with Gasteiger partial charge in [-0.15, -0.1) is 10.2 Å². The topological polar surface area (TPSA) is 60.2 Å². The molecule has 0 spiro atoms. The van der Waals surface area contributed by atoms with Gasteiger partial charge in [-0.2, -0.15) is 0 Å². The Kier molecular flexibility index (Phi) is 6.76. The molecule has 7 heteroatoms. The molecule has 6 nitrogen and oxygen atoms in total. The molecule has 0 N–H and O–H groups in total. The number of aromatic nitrogens is 3. The fourth-order valence-electron chi connectivity index (χ4n) is 3.69. The summed E-state index contributed by atoms with van der Waals surface area (Å²) >= 11 is 1.52. The van der Waals surface area contributed by atoms with Gasteiger partial charge in [-0.05, 0) is 45.4 Å². The van der Waals surface area contributed by atoms with Crippen LogP contribution in [0.5, 0.6) is 0 Å². The highest BCUT2D eigenvalue weighted by Gasteiger charge is 2.25. The third-order valence-corrected chi connectivity index (χ3v) is 6.08. The molecule has 0 saturated carbocycles. The number of likely N-dealkylation sites (tertiary alicyclic amines) is 1. The van der Waals surface area contributed by atoms with Crippen LogP contribution in [0.25, 0.3) is 0 Å². The first kappa shape index (κ1) is 18.7. The van der Waals surface area contributed by atoms with Gasteiger partial charge in [-0.3, -0.25) is 4.79 Å².